The van der Waals surface area contributed by atoms with Crippen LogP contribution in [-0.4, -0.2) is 57.7 Å². The summed E-state index contributed by atoms with van der Waals surface area (Å²) < 4.78 is 0. The summed E-state index contributed by atoms with van der Waals surface area (Å²) in [6, 6.07) is 6.72. The average molecular weight is 181 g/mol. The van der Waals surface area contributed by atoms with Crippen LogP contribution >= 0.6 is 11.6 Å². The molecule has 0 spiro atoms. The molecule has 0 atom stereocenters. The molecule has 0 fully saturated rings. The molecular formula is C7H6ClKO. The first kappa shape index (κ1) is 10.8. The Balaban J connectivity index is 0.000000810. The van der Waals surface area contributed by atoms with Gasteiger partial charge >= 0.3 is 51.4 Å². The molecule has 1 aromatic rings. The van der Waals surface area contributed by atoms with Crippen molar-refractivity contribution in [3.8, 4) is 0 Å². The monoisotopic (exact) mass is 180 g/mol. The van der Waals surface area contributed by atoms with Gasteiger partial charge in [-0.3, -0.25) is 4.79 Å². The number of halogens is 1. The van der Waals surface area contributed by atoms with E-state index in [-0.39, 0.29) is 51.4 Å². The van der Waals surface area contributed by atoms with Crippen LogP contribution < -0.4 is 0 Å². The van der Waals surface area contributed by atoms with E-state index >= 15 is 0 Å². The molecule has 0 aliphatic rings. The van der Waals surface area contributed by atoms with Crippen LogP contribution in [-0.2, 0) is 0 Å². The molecule has 0 aliphatic carbocycles. The number of benzene rings is 1. The van der Waals surface area contributed by atoms with E-state index in [1.165, 1.54) is 0 Å². The van der Waals surface area contributed by atoms with Gasteiger partial charge in [0.15, 0.2) is 0 Å². The van der Waals surface area contributed by atoms with Gasteiger partial charge < -0.3 is 0 Å². The van der Waals surface area contributed by atoms with Crippen LogP contribution in [0, 0.1) is 0 Å². The minimum absolute atomic E-state index is 0. The summed E-state index contributed by atoms with van der Waals surface area (Å²) in [7, 11) is 0. The zero-order valence-corrected chi connectivity index (χ0v) is 5.43. The summed E-state index contributed by atoms with van der Waals surface area (Å²) in [5.41, 5.74) is 0.652. The molecule has 0 N–H and O–H groups in total. The molecule has 0 unspecified atom stereocenters. The number of hydrogen-bond donors (Lipinski definition) is 0. The van der Waals surface area contributed by atoms with Crippen molar-refractivity contribution in [1.29, 1.82) is 0 Å². The predicted octanol–water partition coefficient (Wildman–Crippen LogP) is 1.50. The Bertz CT molecular complexity index is 207. The standard InChI is InChI=1S/C7H5ClO.K.H/c8-7-3-1-6(5-9)2-4-7;;/h1-5H;;. The van der Waals surface area contributed by atoms with Gasteiger partial charge in [0.1, 0.15) is 6.29 Å². The zero-order valence-electron chi connectivity index (χ0n) is 4.67. The molecule has 0 amide bonds. The van der Waals surface area contributed by atoms with Crippen LogP contribution in [0.2, 0.25) is 5.02 Å². The summed E-state index contributed by atoms with van der Waals surface area (Å²) >= 11 is 5.55. The fourth-order valence-corrected chi connectivity index (χ4v) is 0.667. The van der Waals surface area contributed by atoms with Crippen molar-refractivity contribution in [2.75, 3.05) is 0 Å². The molecule has 48 valence electrons. The first-order valence-corrected chi connectivity index (χ1v) is 2.91. The third kappa shape index (κ3) is 3.28. The molecular weight excluding hydrogens is 175 g/mol. The van der Waals surface area contributed by atoms with E-state index < -0.39 is 0 Å². The van der Waals surface area contributed by atoms with Crippen LogP contribution in [0.25, 0.3) is 0 Å². The Kier molecular flexibility index (Phi) is 5.91. The van der Waals surface area contributed by atoms with Crippen molar-refractivity contribution in [2.45, 2.75) is 0 Å². The summed E-state index contributed by atoms with van der Waals surface area (Å²) in [5, 5.41) is 0.653. The van der Waals surface area contributed by atoms with Crippen LogP contribution in [0.3, 0.4) is 0 Å². The fraction of sp³-hybridized carbons (Fsp3) is 0. The van der Waals surface area contributed by atoms with E-state index in [4.69, 9.17) is 11.6 Å². The quantitative estimate of drug-likeness (QED) is 0.473. The first-order chi connectivity index (χ1) is 4.33. The van der Waals surface area contributed by atoms with E-state index in [0.29, 0.717) is 10.6 Å². The number of rotatable bonds is 1. The van der Waals surface area contributed by atoms with E-state index in [1.807, 2.05) is 0 Å². The summed E-state index contributed by atoms with van der Waals surface area (Å²) in [5.74, 6) is 0. The van der Waals surface area contributed by atoms with Gasteiger partial charge in [0, 0.05) is 10.6 Å². The molecule has 10 heavy (non-hydrogen) atoms. The van der Waals surface area contributed by atoms with Crippen molar-refractivity contribution in [3.05, 3.63) is 34.9 Å². The second-order valence-electron chi connectivity index (χ2n) is 1.67. The Morgan fingerprint density at radius 3 is 2.10 bits per heavy atom. The first-order valence-electron chi connectivity index (χ1n) is 2.53. The Morgan fingerprint density at radius 1 is 1.20 bits per heavy atom. The molecule has 0 saturated carbocycles. The van der Waals surface area contributed by atoms with Crippen LogP contribution in [0.5, 0.6) is 0 Å². The van der Waals surface area contributed by atoms with Crippen LogP contribution in [0.15, 0.2) is 24.3 Å². The average Bonchev–Trinajstić information content (AvgIpc) is 1.90. The normalized spacial score (nSPS) is 8.10. The minimum atomic E-state index is 0. The Labute approximate surface area is 107 Å². The summed E-state index contributed by atoms with van der Waals surface area (Å²) in [4.78, 5) is 10.1. The van der Waals surface area contributed by atoms with Crippen LogP contribution in [0.4, 0.5) is 0 Å². The Morgan fingerprint density at radius 2 is 1.70 bits per heavy atom. The number of hydrogen-bond acceptors (Lipinski definition) is 1. The second-order valence-corrected chi connectivity index (χ2v) is 2.11. The van der Waals surface area contributed by atoms with Gasteiger partial charge in [0.05, 0.1) is 0 Å². The molecule has 3 heteroatoms. The third-order valence-corrected chi connectivity index (χ3v) is 1.26. The van der Waals surface area contributed by atoms with E-state index in [0.717, 1.165) is 6.29 Å². The SMILES string of the molecule is O=Cc1ccc(Cl)cc1.[KH]. The number of aldehydes is 1. The van der Waals surface area contributed by atoms with Crippen molar-refractivity contribution in [2.24, 2.45) is 0 Å². The molecule has 1 aromatic carbocycles. The number of carbonyl (C=O) groups excluding carboxylic acids is 1. The Hall–Kier alpha value is 0.816. The molecule has 0 aromatic heterocycles. The summed E-state index contributed by atoms with van der Waals surface area (Å²) in [6.07, 6.45) is 0.788. The van der Waals surface area contributed by atoms with Crippen LogP contribution in [0.1, 0.15) is 10.4 Å². The van der Waals surface area contributed by atoms with Gasteiger partial charge in [-0.2, -0.15) is 0 Å². The van der Waals surface area contributed by atoms with Gasteiger partial charge in [-0.15, -0.1) is 0 Å². The fourth-order valence-electron chi connectivity index (χ4n) is 0.541. The molecule has 1 nitrogen and oxygen atoms in total. The van der Waals surface area contributed by atoms with Crippen molar-refractivity contribution < 1.29 is 4.79 Å². The van der Waals surface area contributed by atoms with Crippen molar-refractivity contribution in [3.63, 3.8) is 0 Å². The topological polar surface area (TPSA) is 17.1 Å². The van der Waals surface area contributed by atoms with E-state index in [9.17, 15) is 4.79 Å². The second kappa shape index (κ2) is 5.46. The van der Waals surface area contributed by atoms with Gasteiger partial charge in [-0.25, -0.2) is 0 Å². The van der Waals surface area contributed by atoms with E-state index in [1.54, 1.807) is 24.3 Å². The summed E-state index contributed by atoms with van der Waals surface area (Å²) in [6.45, 7) is 0. The predicted molar refractivity (Wildman–Crippen MR) is 44.0 cm³/mol. The maximum absolute atomic E-state index is 10.1. The van der Waals surface area contributed by atoms with Crippen molar-refractivity contribution in [1.82, 2.24) is 0 Å². The van der Waals surface area contributed by atoms with E-state index in [2.05, 4.69) is 0 Å². The zero-order chi connectivity index (χ0) is 6.69. The maximum atomic E-state index is 10.1. The van der Waals surface area contributed by atoms with Crippen molar-refractivity contribution >= 4 is 69.3 Å². The molecule has 0 bridgehead atoms. The molecule has 0 radical (unpaired) electrons. The van der Waals surface area contributed by atoms with Gasteiger partial charge in [0.25, 0.3) is 0 Å². The molecule has 0 heterocycles. The van der Waals surface area contributed by atoms with Gasteiger partial charge in [-0.05, 0) is 12.1 Å². The van der Waals surface area contributed by atoms with Gasteiger partial charge in [0.2, 0.25) is 0 Å². The number of carbonyl (C=O) groups is 1. The molecule has 0 aliphatic heterocycles. The van der Waals surface area contributed by atoms with Gasteiger partial charge in [-0.1, -0.05) is 23.7 Å². The molecule has 0 saturated heterocycles. The third-order valence-electron chi connectivity index (χ3n) is 1.01. The molecule has 1 rings (SSSR count).